The Morgan fingerprint density at radius 3 is 2.67 bits per heavy atom. The second-order valence-electron chi connectivity index (χ2n) is 6.82. The lowest BCUT2D eigenvalue weighted by molar-refractivity contribution is 0.0337. The van der Waals surface area contributed by atoms with Crippen molar-refractivity contribution in [2.45, 2.75) is 51.6 Å². The minimum Gasteiger partial charge on any atom is -0.460 e. The van der Waals surface area contributed by atoms with Crippen molar-refractivity contribution in [3.63, 3.8) is 0 Å². The molecule has 0 spiro atoms. The smallest absolute Gasteiger partial charge is 0.338 e. The fraction of sp³-hybridized carbons (Fsp3) is 0.650. The number of nitrogen functional groups attached to an aromatic ring is 1. The summed E-state index contributed by atoms with van der Waals surface area (Å²) in [6, 6.07) is 4.17. The van der Waals surface area contributed by atoms with Crippen molar-refractivity contribution in [1.82, 2.24) is 4.90 Å². The van der Waals surface area contributed by atoms with Crippen LogP contribution >= 0.6 is 27.5 Å². The molecule has 27 heavy (non-hydrogen) atoms. The molecule has 1 fully saturated rings. The maximum absolute atomic E-state index is 12.4. The number of rotatable bonds is 10. The number of ether oxygens (including phenoxy) is 2. The van der Waals surface area contributed by atoms with Gasteiger partial charge in [0, 0.05) is 22.9 Å². The fourth-order valence-electron chi connectivity index (χ4n) is 3.52. The standard InChI is InChI=1S/C20H30BrClN2O3/c1-2-24(17-6-4-3-5-7-17)14-16-12-15(13-18(21)19(16)23)20(25)27-11-10-26-9-8-22/h12-13,17H,2-11,14,23H2,1H3. The molecule has 0 heterocycles. The molecule has 0 aromatic heterocycles. The summed E-state index contributed by atoms with van der Waals surface area (Å²) in [4.78, 5) is 14.8. The number of nitrogens with two attached hydrogens (primary N) is 1. The maximum Gasteiger partial charge on any atom is 0.338 e. The molecule has 2 rings (SSSR count). The van der Waals surface area contributed by atoms with Crippen molar-refractivity contribution in [3.8, 4) is 0 Å². The Balaban J connectivity index is 2.04. The molecular formula is C20H30BrClN2O3. The van der Waals surface area contributed by atoms with Gasteiger partial charge in [-0.25, -0.2) is 4.79 Å². The normalized spacial score (nSPS) is 15.3. The monoisotopic (exact) mass is 460 g/mol. The highest BCUT2D eigenvalue weighted by Crippen LogP contribution is 2.29. The van der Waals surface area contributed by atoms with E-state index in [1.807, 2.05) is 6.07 Å². The highest BCUT2D eigenvalue weighted by atomic mass is 79.9. The first-order valence-corrected chi connectivity index (χ1v) is 11.0. The first-order chi connectivity index (χ1) is 13.1. The van der Waals surface area contributed by atoms with Gasteiger partial charge in [-0.2, -0.15) is 0 Å². The van der Waals surface area contributed by atoms with Crippen LogP contribution in [0.1, 0.15) is 54.9 Å². The van der Waals surface area contributed by atoms with Gasteiger partial charge in [0.05, 0.1) is 24.5 Å². The van der Waals surface area contributed by atoms with E-state index in [2.05, 4.69) is 27.8 Å². The van der Waals surface area contributed by atoms with Gasteiger partial charge in [0.2, 0.25) is 0 Å². The van der Waals surface area contributed by atoms with Gasteiger partial charge in [0.1, 0.15) is 6.61 Å². The third-order valence-corrected chi connectivity index (χ3v) is 5.81. The van der Waals surface area contributed by atoms with Crippen LogP contribution in [0.15, 0.2) is 16.6 Å². The van der Waals surface area contributed by atoms with E-state index in [-0.39, 0.29) is 12.6 Å². The molecule has 2 N–H and O–H groups in total. The van der Waals surface area contributed by atoms with E-state index in [0.29, 0.717) is 36.4 Å². The van der Waals surface area contributed by atoms with Gasteiger partial charge in [-0.3, -0.25) is 4.90 Å². The molecule has 0 amide bonds. The van der Waals surface area contributed by atoms with Crippen molar-refractivity contribution in [2.24, 2.45) is 0 Å². The summed E-state index contributed by atoms with van der Waals surface area (Å²) in [5.41, 5.74) is 8.43. The summed E-state index contributed by atoms with van der Waals surface area (Å²) in [5, 5.41) is 0. The number of nitrogens with zero attached hydrogens (tertiary/aromatic N) is 1. The lowest BCUT2D eigenvalue weighted by Crippen LogP contribution is -2.36. The van der Waals surface area contributed by atoms with Gasteiger partial charge >= 0.3 is 5.97 Å². The van der Waals surface area contributed by atoms with Crippen LogP contribution in [0, 0.1) is 0 Å². The molecule has 0 atom stereocenters. The molecular weight excluding hydrogens is 432 g/mol. The number of carbonyl (C=O) groups is 1. The average Bonchev–Trinajstić information content (AvgIpc) is 2.69. The van der Waals surface area contributed by atoms with E-state index in [1.54, 1.807) is 6.07 Å². The lowest BCUT2D eigenvalue weighted by atomic mass is 9.93. The molecule has 0 unspecified atom stereocenters. The minimum absolute atomic E-state index is 0.205. The van der Waals surface area contributed by atoms with Crippen molar-refractivity contribution in [2.75, 3.05) is 38.0 Å². The molecule has 1 saturated carbocycles. The van der Waals surface area contributed by atoms with Crippen LogP contribution in [0.4, 0.5) is 5.69 Å². The molecule has 0 radical (unpaired) electrons. The van der Waals surface area contributed by atoms with E-state index in [0.717, 1.165) is 23.1 Å². The second-order valence-corrected chi connectivity index (χ2v) is 8.06. The molecule has 1 aromatic rings. The Morgan fingerprint density at radius 2 is 2.00 bits per heavy atom. The van der Waals surface area contributed by atoms with Crippen LogP contribution in [0.25, 0.3) is 0 Å². The molecule has 1 aliphatic rings. The zero-order valence-electron chi connectivity index (χ0n) is 16.0. The van der Waals surface area contributed by atoms with E-state index in [1.165, 1.54) is 32.1 Å². The molecule has 0 saturated heterocycles. The number of alkyl halides is 1. The van der Waals surface area contributed by atoms with Crippen molar-refractivity contribution in [3.05, 3.63) is 27.7 Å². The summed E-state index contributed by atoms with van der Waals surface area (Å²) in [5.74, 6) is 0.0593. The van der Waals surface area contributed by atoms with E-state index in [9.17, 15) is 4.79 Å². The van der Waals surface area contributed by atoms with Crippen LogP contribution in [-0.2, 0) is 16.0 Å². The first-order valence-electron chi connectivity index (χ1n) is 9.69. The molecule has 0 aliphatic heterocycles. The SMILES string of the molecule is CCN(Cc1cc(C(=O)OCCOCCCl)cc(Br)c1N)C1CCCCC1. The minimum atomic E-state index is -0.368. The molecule has 5 nitrogen and oxygen atoms in total. The van der Waals surface area contributed by atoms with Gasteiger partial charge in [-0.15, -0.1) is 11.6 Å². The number of halogens is 2. The third kappa shape index (κ3) is 6.93. The Bertz CT molecular complexity index is 609. The third-order valence-electron chi connectivity index (χ3n) is 5.00. The predicted octanol–water partition coefficient (Wildman–Crippen LogP) is 4.60. The summed E-state index contributed by atoms with van der Waals surface area (Å²) in [6.07, 6.45) is 6.38. The van der Waals surface area contributed by atoms with Gasteiger partial charge < -0.3 is 15.2 Å². The van der Waals surface area contributed by atoms with Crippen molar-refractivity contribution < 1.29 is 14.3 Å². The quantitative estimate of drug-likeness (QED) is 0.239. The number of benzene rings is 1. The summed E-state index contributed by atoms with van der Waals surface area (Å²) < 4.78 is 11.2. The molecule has 0 bridgehead atoms. The van der Waals surface area contributed by atoms with Crippen LogP contribution < -0.4 is 5.73 Å². The summed E-state index contributed by atoms with van der Waals surface area (Å²) >= 11 is 9.03. The highest BCUT2D eigenvalue weighted by Gasteiger charge is 2.22. The molecule has 1 aliphatic carbocycles. The summed E-state index contributed by atoms with van der Waals surface area (Å²) in [7, 11) is 0. The topological polar surface area (TPSA) is 64.8 Å². The highest BCUT2D eigenvalue weighted by molar-refractivity contribution is 9.10. The zero-order chi connectivity index (χ0) is 19.6. The van der Waals surface area contributed by atoms with Crippen molar-refractivity contribution in [1.29, 1.82) is 0 Å². The van der Waals surface area contributed by atoms with Gasteiger partial charge in [0.25, 0.3) is 0 Å². The van der Waals surface area contributed by atoms with Crippen LogP contribution in [0.5, 0.6) is 0 Å². The Hall–Kier alpha value is -0.820. The number of hydrogen-bond donors (Lipinski definition) is 1. The van der Waals surface area contributed by atoms with Crippen LogP contribution in [0.3, 0.4) is 0 Å². The molecule has 1 aromatic carbocycles. The first kappa shape index (κ1) is 22.5. The fourth-order valence-corrected chi connectivity index (χ4v) is 4.13. The average molecular weight is 462 g/mol. The van der Waals surface area contributed by atoms with Gasteiger partial charge in [0.15, 0.2) is 0 Å². The number of hydrogen-bond acceptors (Lipinski definition) is 5. The van der Waals surface area contributed by atoms with E-state index in [4.69, 9.17) is 26.8 Å². The number of esters is 1. The number of carbonyl (C=O) groups excluding carboxylic acids is 1. The Labute approximate surface area is 175 Å². The Kier molecular flexibility index (Phi) is 9.90. The largest absolute Gasteiger partial charge is 0.460 e. The van der Waals surface area contributed by atoms with Crippen LogP contribution in [0.2, 0.25) is 0 Å². The van der Waals surface area contributed by atoms with E-state index < -0.39 is 0 Å². The van der Waals surface area contributed by atoms with E-state index >= 15 is 0 Å². The molecule has 7 heteroatoms. The second kappa shape index (κ2) is 11.9. The van der Waals surface area contributed by atoms with Crippen molar-refractivity contribution >= 4 is 39.2 Å². The summed E-state index contributed by atoms with van der Waals surface area (Å²) in [6.45, 7) is 4.88. The maximum atomic E-state index is 12.4. The van der Waals surface area contributed by atoms with Crippen LogP contribution in [-0.4, -0.2) is 49.2 Å². The predicted molar refractivity (Wildman–Crippen MR) is 113 cm³/mol. The molecule has 152 valence electrons. The zero-order valence-corrected chi connectivity index (χ0v) is 18.4. The Morgan fingerprint density at radius 1 is 1.26 bits per heavy atom. The van der Waals surface area contributed by atoms with Gasteiger partial charge in [-0.1, -0.05) is 26.2 Å². The van der Waals surface area contributed by atoms with Gasteiger partial charge in [-0.05, 0) is 53.0 Å². The number of anilines is 1. The lowest BCUT2D eigenvalue weighted by Gasteiger charge is -2.34.